The number of hydrogen-bond donors (Lipinski definition) is 5. The summed E-state index contributed by atoms with van der Waals surface area (Å²) in [6.45, 7) is -0.576. The molecule has 0 saturated carbocycles. The van der Waals surface area contributed by atoms with E-state index in [0.29, 0.717) is 0 Å². The number of ether oxygens (including phenoxy) is 1. The van der Waals surface area contributed by atoms with Gasteiger partial charge in [-0.15, -0.1) is 0 Å². The lowest BCUT2D eigenvalue weighted by atomic mass is 9.86. The summed E-state index contributed by atoms with van der Waals surface area (Å²) in [7, 11) is 0. The second-order valence-electron chi connectivity index (χ2n) is 4.78. The number of rotatable bonds is 3. The first-order valence-electron chi connectivity index (χ1n) is 6.26. The van der Waals surface area contributed by atoms with Crippen molar-refractivity contribution in [3.8, 4) is 0 Å². The largest absolute Gasteiger partial charge is 0.394 e. The highest BCUT2D eigenvalue weighted by molar-refractivity contribution is 5.50. The molecule has 0 bridgehead atoms. The van der Waals surface area contributed by atoms with Crippen molar-refractivity contribution in [2.24, 2.45) is 0 Å². The molecule has 1 saturated heterocycles. The lowest BCUT2D eigenvalue weighted by Crippen LogP contribution is -2.65. The first-order valence-corrected chi connectivity index (χ1v) is 6.26. The highest BCUT2D eigenvalue weighted by Crippen LogP contribution is 2.30. The third-order valence-corrected chi connectivity index (χ3v) is 3.40. The van der Waals surface area contributed by atoms with Crippen molar-refractivity contribution in [3.05, 3.63) is 42.0 Å². The molecule has 0 unspecified atom stereocenters. The second-order valence-corrected chi connectivity index (χ2v) is 4.78. The van der Waals surface area contributed by atoms with Crippen LogP contribution in [0, 0.1) is 0 Å². The van der Waals surface area contributed by atoms with Crippen LogP contribution in [-0.2, 0) is 4.74 Å². The number of aliphatic hydroxyl groups excluding tert-OH is 4. The van der Waals surface area contributed by atoms with E-state index in [0.717, 1.165) is 5.56 Å². The van der Waals surface area contributed by atoms with Crippen LogP contribution in [0.2, 0.25) is 0 Å². The van der Waals surface area contributed by atoms with Crippen molar-refractivity contribution in [1.29, 1.82) is 0 Å². The zero-order chi connectivity index (χ0) is 14.8. The van der Waals surface area contributed by atoms with Crippen LogP contribution in [0.3, 0.4) is 0 Å². The van der Waals surface area contributed by atoms with Gasteiger partial charge in [-0.05, 0) is 11.6 Å². The molecule has 6 nitrogen and oxygen atoms in total. The van der Waals surface area contributed by atoms with E-state index < -0.39 is 36.8 Å². The van der Waals surface area contributed by atoms with Gasteiger partial charge in [0.15, 0.2) is 11.9 Å². The molecule has 1 heterocycles. The Balaban J connectivity index is 2.22. The summed E-state index contributed by atoms with van der Waals surface area (Å²) >= 11 is 0. The maximum absolute atomic E-state index is 10.3. The fourth-order valence-electron chi connectivity index (χ4n) is 2.10. The van der Waals surface area contributed by atoms with Gasteiger partial charge in [0, 0.05) is 0 Å². The molecule has 0 radical (unpaired) electrons. The van der Waals surface area contributed by atoms with Gasteiger partial charge in [0.2, 0.25) is 0 Å². The average molecular weight is 282 g/mol. The molecule has 5 atom stereocenters. The Morgan fingerprint density at radius 1 is 1.15 bits per heavy atom. The van der Waals surface area contributed by atoms with Crippen molar-refractivity contribution in [2.45, 2.75) is 30.2 Å². The van der Waals surface area contributed by atoms with Gasteiger partial charge < -0.3 is 30.3 Å². The molecule has 1 aliphatic rings. The smallest absolute Gasteiger partial charge is 0.190 e. The monoisotopic (exact) mass is 282 g/mol. The Kier molecular flexibility index (Phi) is 4.54. The molecule has 2 rings (SSSR count). The van der Waals surface area contributed by atoms with Crippen LogP contribution in [-0.4, -0.2) is 62.3 Å². The molecule has 0 aliphatic carbocycles. The summed E-state index contributed by atoms with van der Waals surface area (Å²) < 4.78 is 4.92. The predicted molar refractivity (Wildman–Crippen MR) is 70.4 cm³/mol. The zero-order valence-corrected chi connectivity index (χ0v) is 10.7. The highest BCUT2D eigenvalue weighted by Gasteiger charge is 2.52. The standard InChI is InChI=1S/C14H18O6/c15-8-10-11(16)12(17)14(19,13(18)20-10)7-6-9-4-2-1-3-5-9/h1-7,10-13,15-19H,8H2/t10-,11+,12+,13-,14-/m1/s1. The van der Waals surface area contributed by atoms with Crippen molar-refractivity contribution in [3.63, 3.8) is 0 Å². The first kappa shape index (κ1) is 15.1. The van der Waals surface area contributed by atoms with Crippen molar-refractivity contribution in [1.82, 2.24) is 0 Å². The Morgan fingerprint density at radius 3 is 2.40 bits per heavy atom. The Hall–Kier alpha value is -1.28. The molecule has 0 aromatic heterocycles. The van der Waals surface area contributed by atoms with Crippen molar-refractivity contribution < 1.29 is 30.3 Å². The van der Waals surface area contributed by atoms with Crippen LogP contribution in [0.15, 0.2) is 36.4 Å². The van der Waals surface area contributed by atoms with E-state index in [2.05, 4.69) is 0 Å². The quantitative estimate of drug-likeness (QED) is 0.479. The van der Waals surface area contributed by atoms with E-state index in [9.17, 15) is 20.4 Å². The molecule has 1 aromatic rings. The maximum Gasteiger partial charge on any atom is 0.190 e. The summed E-state index contributed by atoms with van der Waals surface area (Å²) in [5.41, 5.74) is -1.40. The topological polar surface area (TPSA) is 110 Å². The van der Waals surface area contributed by atoms with Crippen LogP contribution in [0.25, 0.3) is 6.08 Å². The van der Waals surface area contributed by atoms with E-state index in [4.69, 9.17) is 9.84 Å². The molecule has 0 amide bonds. The van der Waals surface area contributed by atoms with Crippen molar-refractivity contribution in [2.75, 3.05) is 6.61 Å². The fraction of sp³-hybridized carbons (Fsp3) is 0.429. The fourth-order valence-corrected chi connectivity index (χ4v) is 2.10. The molecule has 110 valence electrons. The Morgan fingerprint density at radius 2 is 1.80 bits per heavy atom. The molecular formula is C14H18O6. The third-order valence-electron chi connectivity index (χ3n) is 3.40. The van der Waals surface area contributed by atoms with Gasteiger partial charge in [-0.3, -0.25) is 0 Å². The van der Waals surface area contributed by atoms with E-state index in [1.165, 1.54) is 12.2 Å². The minimum absolute atomic E-state index is 0.576. The molecule has 1 fully saturated rings. The molecule has 5 N–H and O–H groups in total. The summed E-state index contributed by atoms with van der Waals surface area (Å²) in [5.74, 6) is 0. The lowest BCUT2D eigenvalue weighted by Gasteiger charge is -2.44. The summed E-state index contributed by atoms with van der Waals surface area (Å²) in [6, 6.07) is 8.97. The van der Waals surface area contributed by atoms with Gasteiger partial charge in [-0.1, -0.05) is 36.4 Å². The normalized spacial score (nSPS) is 38.2. The number of aliphatic hydroxyl groups is 5. The van der Waals surface area contributed by atoms with Gasteiger partial charge in [0.05, 0.1) is 6.61 Å². The summed E-state index contributed by atoms with van der Waals surface area (Å²) in [5, 5.41) is 48.8. The number of hydrogen-bond acceptors (Lipinski definition) is 6. The zero-order valence-electron chi connectivity index (χ0n) is 10.7. The van der Waals surface area contributed by atoms with E-state index in [1.807, 2.05) is 6.07 Å². The van der Waals surface area contributed by atoms with E-state index in [1.54, 1.807) is 24.3 Å². The molecule has 0 spiro atoms. The van der Waals surface area contributed by atoms with Crippen LogP contribution in [0.4, 0.5) is 0 Å². The third kappa shape index (κ3) is 2.76. The molecule has 20 heavy (non-hydrogen) atoms. The van der Waals surface area contributed by atoms with E-state index in [-0.39, 0.29) is 0 Å². The molecule has 1 aromatic carbocycles. The first-order chi connectivity index (χ1) is 9.49. The summed E-state index contributed by atoms with van der Waals surface area (Å²) in [6.07, 6.45) is -3.41. The van der Waals surface area contributed by atoms with Crippen LogP contribution >= 0.6 is 0 Å². The van der Waals surface area contributed by atoms with Gasteiger partial charge in [-0.25, -0.2) is 0 Å². The van der Waals surface area contributed by atoms with Gasteiger partial charge in [-0.2, -0.15) is 0 Å². The molecular weight excluding hydrogens is 264 g/mol. The maximum atomic E-state index is 10.3. The van der Waals surface area contributed by atoms with E-state index >= 15 is 0 Å². The van der Waals surface area contributed by atoms with Crippen LogP contribution in [0.5, 0.6) is 0 Å². The van der Waals surface area contributed by atoms with Gasteiger partial charge >= 0.3 is 0 Å². The minimum Gasteiger partial charge on any atom is -0.394 e. The van der Waals surface area contributed by atoms with Crippen molar-refractivity contribution >= 4 is 6.08 Å². The van der Waals surface area contributed by atoms with Gasteiger partial charge in [0.1, 0.15) is 18.3 Å². The van der Waals surface area contributed by atoms with Crippen LogP contribution in [0.1, 0.15) is 5.56 Å². The molecule has 1 aliphatic heterocycles. The average Bonchev–Trinajstić information content (AvgIpc) is 2.48. The highest BCUT2D eigenvalue weighted by atomic mass is 16.6. The lowest BCUT2D eigenvalue weighted by molar-refractivity contribution is -0.313. The second kappa shape index (κ2) is 6.01. The molecule has 6 heteroatoms. The van der Waals surface area contributed by atoms with Gasteiger partial charge in [0.25, 0.3) is 0 Å². The number of benzene rings is 1. The Bertz CT molecular complexity index is 462. The minimum atomic E-state index is -2.15. The predicted octanol–water partition coefficient (Wildman–Crippen LogP) is -1.14. The Labute approximate surface area is 116 Å². The summed E-state index contributed by atoms with van der Waals surface area (Å²) in [4.78, 5) is 0. The van der Waals surface area contributed by atoms with Crippen LogP contribution < -0.4 is 0 Å². The SMILES string of the molecule is OC[C@H]1O[C@@H](O)[C@@](O)(C=Cc2ccccc2)[C@@H](O)[C@H]1O.